The van der Waals surface area contributed by atoms with Gasteiger partial charge < -0.3 is 10.6 Å². The fraction of sp³-hybridized carbons (Fsp3) is 0.625. The van der Waals surface area contributed by atoms with Crippen LogP contribution >= 0.6 is 11.3 Å². The summed E-state index contributed by atoms with van der Waals surface area (Å²) in [7, 11) is 0. The lowest BCUT2D eigenvalue weighted by atomic mass is 10.1. The summed E-state index contributed by atoms with van der Waals surface area (Å²) < 4.78 is 0. The SMILES string of the molecule is N[C@@H]1CCCN(c2ncc([N+](=O)[O-])s2)C1. The average Bonchev–Trinajstić information content (AvgIpc) is 2.66. The number of rotatable bonds is 2. The van der Waals surface area contributed by atoms with E-state index in [2.05, 4.69) is 4.98 Å². The minimum Gasteiger partial charge on any atom is -0.346 e. The molecule has 0 spiro atoms. The lowest BCUT2D eigenvalue weighted by molar-refractivity contribution is -0.380. The first-order chi connectivity index (χ1) is 7.16. The Morgan fingerprint density at radius 2 is 2.53 bits per heavy atom. The van der Waals surface area contributed by atoms with E-state index in [-0.39, 0.29) is 11.0 Å². The molecule has 0 aliphatic carbocycles. The van der Waals surface area contributed by atoms with E-state index in [1.54, 1.807) is 0 Å². The van der Waals surface area contributed by atoms with E-state index in [1.807, 2.05) is 4.90 Å². The summed E-state index contributed by atoms with van der Waals surface area (Å²) in [5.74, 6) is 0. The van der Waals surface area contributed by atoms with Gasteiger partial charge in [0.05, 0.1) is 4.92 Å². The van der Waals surface area contributed by atoms with Crippen molar-refractivity contribution in [2.75, 3.05) is 18.0 Å². The Bertz CT molecular complexity index is 367. The van der Waals surface area contributed by atoms with E-state index >= 15 is 0 Å². The zero-order chi connectivity index (χ0) is 10.8. The maximum atomic E-state index is 10.5. The summed E-state index contributed by atoms with van der Waals surface area (Å²) in [6.07, 6.45) is 3.35. The molecule has 1 aliphatic rings. The summed E-state index contributed by atoms with van der Waals surface area (Å²) in [6, 6.07) is 0.154. The maximum Gasteiger partial charge on any atom is 0.345 e. The lowest BCUT2D eigenvalue weighted by Gasteiger charge is -2.30. The molecule has 1 aromatic heterocycles. The third-order valence-corrected chi connectivity index (χ3v) is 3.40. The van der Waals surface area contributed by atoms with E-state index < -0.39 is 4.92 Å². The highest BCUT2D eigenvalue weighted by Crippen LogP contribution is 2.29. The highest BCUT2D eigenvalue weighted by molar-refractivity contribution is 7.18. The minimum absolute atomic E-state index is 0.0872. The van der Waals surface area contributed by atoms with Gasteiger partial charge in [-0.3, -0.25) is 10.1 Å². The fourth-order valence-corrected chi connectivity index (χ4v) is 2.44. The van der Waals surface area contributed by atoms with Gasteiger partial charge >= 0.3 is 5.00 Å². The van der Waals surface area contributed by atoms with Crippen LogP contribution in [0.5, 0.6) is 0 Å². The molecule has 2 N–H and O–H groups in total. The van der Waals surface area contributed by atoms with Crippen molar-refractivity contribution in [2.45, 2.75) is 18.9 Å². The van der Waals surface area contributed by atoms with Crippen LogP contribution in [0.4, 0.5) is 10.1 Å². The van der Waals surface area contributed by atoms with Crippen LogP contribution in [0, 0.1) is 10.1 Å². The van der Waals surface area contributed by atoms with Crippen molar-refractivity contribution >= 4 is 21.5 Å². The van der Waals surface area contributed by atoms with E-state index in [0.29, 0.717) is 5.13 Å². The quantitative estimate of drug-likeness (QED) is 0.602. The molecule has 1 aliphatic heterocycles. The van der Waals surface area contributed by atoms with E-state index in [4.69, 9.17) is 5.73 Å². The number of aromatic nitrogens is 1. The topological polar surface area (TPSA) is 85.3 Å². The van der Waals surface area contributed by atoms with Gasteiger partial charge in [-0.2, -0.15) is 0 Å². The standard InChI is InChI=1S/C8H12N4O2S/c9-6-2-1-3-11(5-6)8-10-4-7(15-8)12(13)14/h4,6H,1-3,5,9H2/t6-/m1/s1. The number of anilines is 1. The van der Waals surface area contributed by atoms with Crippen LogP contribution in [0.2, 0.25) is 0 Å². The molecule has 6 nitrogen and oxygen atoms in total. The van der Waals surface area contributed by atoms with Gasteiger partial charge in [0.1, 0.15) is 6.20 Å². The molecule has 1 aromatic rings. The monoisotopic (exact) mass is 228 g/mol. The molecule has 2 rings (SSSR count). The van der Waals surface area contributed by atoms with Gasteiger partial charge in [-0.15, -0.1) is 0 Å². The molecule has 1 atom stereocenters. The van der Waals surface area contributed by atoms with Gasteiger partial charge in [-0.05, 0) is 24.2 Å². The summed E-state index contributed by atoms with van der Waals surface area (Å²) in [6.45, 7) is 1.63. The van der Waals surface area contributed by atoms with E-state index in [1.165, 1.54) is 6.20 Å². The van der Waals surface area contributed by atoms with E-state index in [9.17, 15) is 10.1 Å². The van der Waals surface area contributed by atoms with E-state index in [0.717, 1.165) is 37.3 Å². The van der Waals surface area contributed by atoms with Crippen LogP contribution in [0.1, 0.15) is 12.8 Å². The normalized spacial score (nSPS) is 21.7. The van der Waals surface area contributed by atoms with Crippen molar-refractivity contribution in [1.82, 2.24) is 4.98 Å². The van der Waals surface area contributed by atoms with Crippen LogP contribution in [-0.4, -0.2) is 29.0 Å². The number of nitro groups is 1. The Labute approximate surface area is 90.9 Å². The Kier molecular flexibility index (Phi) is 2.83. The summed E-state index contributed by atoms with van der Waals surface area (Å²) in [5, 5.41) is 11.3. The molecule has 15 heavy (non-hydrogen) atoms. The number of thiazole rings is 1. The molecule has 0 bridgehead atoms. The Hall–Kier alpha value is -1.21. The first-order valence-corrected chi connectivity index (χ1v) is 5.59. The molecule has 0 saturated carbocycles. The molecular weight excluding hydrogens is 216 g/mol. The summed E-state index contributed by atoms with van der Waals surface area (Å²) >= 11 is 1.11. The largest absolute Gasteiger partial charge is 0.346 e. The van der Waals surface area contributed by atoms with Crippen molar-refractivity contribution in [2.24, 2.45) is 5.73 Å². The zero-order valence-electron chi connectivity index (χ0n) is 8.13. The Morgan fingerprint density at radius 1 is 1.73 bits per heavy atom. The molecule has 0 aromatic carbocycles. The van der Waals surface area contributed by atoms with Crippen molar-refractivity contribution in [3.05, 3.63) is 16.3 Å². The molecule has 0 amide bonds. The first-order valence-electron chi connectivity index (χ1n) is 4.77. The van der Waals surface area contributed by atoms with Gasteiger partial charge in [0.25, 0.3) is 0 Å². The van der Waals surface area contributed by atoms with Gasteiger partial charge in [0, 0.05) is 19.1 Å². The van der Waals surface area contributed by atoms with Crippen LogP contribution in [0.3, 0.4) is 0 Å². The summed E-state index contributed by atoms with van der Waals surface area (Å²) in [4.78, 5) is 16.1. The number of hydrogen-bond acceptors (Lipinski definition) is 6. The number of nitrogens with zero attached hydrogens (tertiary/aromatic N) is 3. The molecule has 1 saturated heterocycles. The third-order valence-electron chi connectivity index (χ3n) is 2.39. The second kappa shape index (κ2) is 4.11. The highest BCUT2D eigenvalue weighted by Gasteiger charge is 2.21. The fourth-order valence-electron chi connectivity index (χ4n) is 1.67. The minimum atomic E-state index is -0.412. The Balaban J connectivity index is 2.11. The second-order valence-corrected chi connectivity index (χ2v) is 4.57. The molecular formula is C8H12N4O2S. The molecule has 0 radical (unpaired) electrons. The lowest BCUT2D eigenvalue weighted by Crippen LogP contribution is -2.42. The van der Waals surface area contributed by atoms with Crippen LogP contribution in [-0.2, 0) is 0 Å². The van der Waals surface area contributed by atoms with Crippen molar-refractivity contribution in [1.29, 1.82) is 0 Å². The Morgan fingerprint density at radius 3 is 3.13 bits per heavy atom. The summed E-state index contributed by atoms with van der Waals surface area (Å²) in [5.41, 5.74) is 5.83. The van der Waals surface area contributed by atoms with Crippen molar-refractivity contribution in [3.63, 3.8) is 0 Å². The average molecular weight is 228 g/mol. The van der Waals surface area contributed by atoms with Crippen LogP contribution in [0.25, 0.3) is 0 Å². The zero-order valence-corrected chi connectivity index (χ0v) is 8.94. The maximum absolute atomic E-state index is 10.5. The van der Waals surface area contributed by atoms with Gasteiger partial charge in [-0.1, -0.05) is 0 Å². The molecule has 7 heteroatoms. The first kappa shape index (κ1) is 10.3. The molecule has 82 valence electrons. The van der Waals surface area contributed by atoms with Gasteiger partial charge in [0.2, 0.25) is 0 Å². The number of nitrogens with two attached hydrogens (primary N) is 1. The van der Waals surface area contributed by atoms with Gasteiger partial charge in [-0.25, -0.2) is 4.98 Å². The number of piperidine rings is 1. The smallest absolute Gasteiger partial charge is 0.345 e. The number of hydrogen-bond donors (Lipinski definition) is 1. The predicted octanol–water partition coefficient (Wildman–Crippen LogP) is 0.979. The molecule has 2 heterocycles. The van der Waals surface area contributed by atoms with Crippen molar-refractivity contribution in [3.8, 4) is 0 Å². The van der Waals surface area contributed by atoms with Crippen LogP contribution in [0.15, 0.2) is 6.20 Å². The van der Waals surface area contributed by atoms with Crippen molar-refractivity contribution < 1.29 is 4.92 Å². The highest BCUT2D eigenvalue weighted by atomic mass is 32.1. The van der Waals surface area contributed by atoms with Crippen LogP contribution < -0.4 is 10.6 Å². The third kappa shape index (κ3) is 2.24. The second-order valence-electron chi connectivity index (χ2n) is 3.59. The molecule has 1 fully saturated rings. The predicted molar refractivity (Wildman–Crippen MR) is 58.2 cm³/mol. The van der Waals surface area contributed by atoms with Gasteiger partial charge in [0.15, 0.2) is 5.13 Å². The molecule has 0 unspecified atom stereocenters.